The molecule has 1 heterocycles. The summed E-state index contributed by atoms with van der Waals surface area (Å²) in [5, 5.41) is 11.0. The summed E-state index contributed by atoms with van der Waals surface area (Å²) in [7, 11) is -3.63. The second-order valence-corrected chi connectivity index (χ2v) is 4.69. The molecule has 15 heavy (non-hydrogen) atoms. The maximum absolute atomic E-state index is 11.5. The van der Waals surface area contributed by atoms with Crippen LogP contribution < -0.4 is 4.72 Å². The lowest BCUT2D eigenvalue weighted by Gasteiger charge is -2.07. The quantitative estimate of drug-likeness (QED) is 0.749. The second-order valence-electron chi connectivity index (χ2n) is 2.74. The van der Waals surface area contributed by atoms with Crippen molar-refractivity contribution in [2.45, 2.75) is 25.1 Å². The van der Waals surface area contributed by atoms with E-state index < -0.39 is 15.3 Å². The smallest absolute Gasteiger partial charge is 0.228 e. The monoisotopic (exact) mass is 230 g/mol. The third-order valence-electron chi connectivity index (χ3n) is 1.73. The number of nitrogens with one attached hydrogen (secondary N) is 1. The van der Waals surface area contributed by atoms with E-state index in [2.05, 4.69) is 19.4 Å². The van der Waals surface area contributed by atoms with Crippen molar-refractivity contribution in [1.82, 2.24) is 14.9 Å². The molecule has 82 valence electrons. The summed E-state index contributed by atoms with van der Waals surface area (Å²) in [6.45, 7) is 1.55. The van der Waals surface area contributed by atoms with Gasteiger partial charge in [-0.2, -0.15) is 10.2 Å². The molecule has 1 rings (SSSR count). The molecule has 0 aliphatic carbocycles. The van der Waals surface area contributed by atoms with Crippen LogP contribution in [0.4, 0.5) is 0 Å². The first kappa shape index (κ1) is 11.6. The van der Waals surface area contributed by atoms with Crippen LogP contribution in [0.25, 0.3) is 0 Å². The molecule has 1 N–H and O–H groups in total. The van der Waals surface area contributed by atoms with Crippen LogP contribution >= 0.6 is 0 Å². The van der Waals surface area contributed by atoms with Crippen molar-refractivity contribution in [3.8, 4) is 6.07 Å². The molecule has 0 aliphatic heterocycles. The van der Waals surface area contributed by atoms with E-state index in [0.29, 0.717) is 0 Å². The lowest BCUT2D eigenvalue weighted by molar-refractivity contribution is 0.409. The van der Waals surface area contributed by atoms with Crippen molar-refractivity contribution in [1.29, 1.82) is 5.26 Å². The van der Waals surface area contributed by atoms with Gasteiger partial charge in [0.1, 0.15) is 0 Å². The molecule has 1 aromatic heterocycles. The maximum atomic E-state index is 11.5. The van der Waals surface area contributed by atoms with Gasteiger partial charge in [0.2, 0.25) is 16.4 Å². The van der Waals surface area contributed by atoms with Gasteiger partial charge in [-0.05, 0) is 6.42 Å². The van der Waals surface area contributed by atoms with E-state index in [4.69, 9.17) is 5.26 Å². The molecule has 1 atom stereocenters. The molecule has 0 amide bonds. The summed E-state index contributed by atoms with van der Waals surface area (Å²) < 4.78 is 29.6. The molecule has 8 heteroatoms. The zero-order valence-corrected chi connectivity index (χ0v) is 8.86. The van der Waals surface area contributed by atoms with E-state index in [1.54, 1.807) is 13.0 Å². The Morgan fingerprint density at radius 3 is 2.93 bits per heavy atom. The van der Waals surface area contributed by atoms with Crippen molar-refractivity contribution >= 4 is 10.0 Å². The molecule has 0 spiro atoms. The van der Waals surface area contributed by atoms with E-state index in [0.717, 1.165) is 6.39 Å². The molecule has 0 saturated heterocycles. The highest BCUT2D eigenvalue weighted by atomic mass is 32.2. The molecule has 7 nitrogen and oxygen atoms in total. The summed E-state index contributed by atoms with van der Waals surface area (Å²) in [5.41, 5.74) is 0. The van der Waals surface area contributed by atoms with Crippen molar-refractivity contribution in [2.75, 3.05) is 0 Å². The minimum Gasteiger partial charge on any atom is -0.343 e. The average molecular weight is 230 g/mol. The summed E-state index contributed by atoms with van der Waals surface area (Å²) >= 11 is 0. The summed E-state index contributed by atoms with van der Waals surface area (Å²) in [5.74, 6) is 0.228. The molecule has 0 bridgehead atoms. The molecule has 0 aromatic carbocycles. The fourth-order valence-corrected chi connectivity index (χ4v) is 2.03. The number of rotatable bonds is 5. The predicted octanol–water partition coefficient (Wildman–Crippen LogP) is -0.209. The van der Waals surface area contributed by atoms with Crippen molar-refractivity contribution < 1.29 is 12.9 Å². The molecular weight excluding hydrogens is 220 g/mol. The van der Waals surface area contributed by atoms with Crippen LogP contribution in [0.5, 0.6) is 0 Å². The minimum absolute atomic E-state index is 0.0724. The van der Waals surface area contributed by atoms with Gasteiger partial charge in [-0.25, -0.2) is 13.1 Å². The van der Waals surface area contributed by atoms with Gasteiger partial charge < -0.3 is 4.52 Å². The van der Waals surface area contributed by atoms with Crippen LogP contribution in [0.1, 0.15) is 19.2 Å². The Bertz CT molecular complexity index is 433. The molecule has 0 radical (unpaired) electrons. The molecule has 1 aromatic rings. The van der Waals surface area contributed by atoms with Gasteiger partial charge in [0.15, 0.2) is 11.1 Å². The first-order valence-corrected chi connectivity index (χ1v) is 5.78. The van der Waals surface area contributed by atoms with Gasteiger partial charge in [-0.15, -0.1) is 0 Å². The number of hydrogen-bond donors (Lipinski definition) is 1. The van der Waals surface area contributed by atoms with Crippen LogP contribution in [0.3, 0.4) is 0 Å². The molecular formula is C7H10N4O3S. The fourth-order valence-electron chi connectivity index (χ4n) is 0.916. The van der Waals surface area contributed by atoms with Gasteiger partial charge in [-0.3, -0.25) is 0 Å². The zero-order chi connectivity index (χ0) is 11.3. The van der Waals surface area contributed by atoms with E-state index >= 15 is 0 Å². The highest BCUT2D eigenvalue weighted by Gasteiger charge is 2.23. The van der Waals surface area contributed by atoms with Gasteiger partial charge in [0.25, 0.3) is 0 Å². The van der Waals surface area contributed by atoms with Gasteiger partial charge >= 0.3 is 0 Å². The van der Waals surface area contributed by atoms with Crippen LogP contribution in [0, 0.1) is 11.3 Å². The van der Waals surface area contributed by atoms with E-state index in [1.165, 1.54) is 0 Å². The Morgan fingerprint density at radius 2 is 2.47 bits per heavy atom. The lowest BCUT2D eigenvalue weighted by atomic mass is 10.4. The first-order valence-electron chi connectivity index (χ1n) is 4.23. The van der Waals surface area contributed by atoms with E-state index in [9.17, 15) is 8.42 Å². The average Bonchev–Trinajstić information content (AvgIpc) is 2.69. The summed E-state index contributed by atoms with van der Waals surface area (Å²) in [4.78, 5) is 3.64. The number of nitriles is 1. The topological polar surface area (TPSA) is 109 Å². The number of nitrogens with zero attached hydrogens (tertiary/aromatic N) is 3. The summed E-state index contributed by atoms with van der Waals surface area (Å²) in [6.07, 6.45) is 1.34. The Labute approximate surface area is 87.1 Å². The molecule has 0 saturated carbocycles. The van der Waals surface area contributed by atoms with Gasteiger partial charge in [0.05, 0.1) is 12.6 Å². The van der Waals surface area contributed by atoms with Crippen LogP contribution in [0.15, 0.2) is 10.9 Å². The highest BCUT2D eigenvalue weighted by molar-refractivity contribution is 7.90. The minimum atomic E-state index is -3.63. The van der Waals surface area contributed by atoms with Crippen LogP contribution in [-0.2, 0) is 16.6 Å². The number of hydrogen-bond acceptors (Lipinski definition) is 6. The SMILES string of the molecule is CCC(C#N)S(=O)(=O)NCc1ncon1. The maximum Gasteiger partial charge on any atom is 0.228 e. The first-order chi connectivity index (χ1) is 7.10. The Balaban J connectivity index is 2.62. The highest BCUT2D eigenvalue weighted by Crippen LogP contribution is 2.03. The van der Waals surface area contributed by atoms with Crippen LogP contribution in [0.2, 0.25) is 0 Å². The Hall–Kier alpha value is -1.46. The van der Waals surface area contributed by atoms with Crippen LogP contribution in [-0.4, -0.2) is 23.8 Å². The molecule has 1 unspecified atom stereocenters. The third kappa shape index (κ3) is 3.00. The van der Waals surface area contributed by atoms with Crippen molar-refractivity contribution in [3.05, 3.63) is 12.2 Å². The normalized spacial score (nSPS) is 13.3. The number of sulfonamides is 1. The van der Waals surface area contributed by atoms with Gasteiger partial charge in [0, 0.05) is 0 Å². The molecule has 0 aliphatic rings. The third-order valence-corrected chi connectivity index (χ3v) is 3.46. The largest absolute Gasteiger partial charge is 0.343 e. The predicted molar refractivity (Wildman–Crippen MR) is 49.7 cm³/mol. The second kappa shape index (κ2) is 4.86. The Morgan fingerprint density at radius 1 is 1.73 bits per heavy atom. The zero-order valence-electron chi connectivity index (χ0n) is 8.04. The lowest BCUT2D eigenvalue weighted by Crippen LogP contribution is -2.33. The fraction of sp³-hybridized carbons (Fsp3) is 0.571. The van der Waals surface area contributed by atoms with E-state index in [-0.39, 0.29) is 18.8 Å². The van der Waals surface area contributed by atoms with Gasteiger partial charge in [-0.1, -0.05) is 12.1 Å². The number of aromatic nitrogens is 2. The van der Waals surface area contributed by atoms with Crippen molar-refractivity contribution in [2.24, 2.45) is 0 Å². The van der Waals surface area contributed by atoms with Crippen molar-refractivity contribution in [3.63, 3.8) is 0 Å². The molecule has 0 fully saturated rings. The van der Waals surface area contributed by atoms with E-state index in [1.807, 2.05) is 0 Å². The Kier molecular flexibility index (Phi) is 3.76. The standard InChI is InChI=1S/C7H10N4O3S/c1-2-6(3-8)15(12,13)10-4-7-9-5-14-11-7/h5-6,10H,2,4H2,1H3. The summed E-state index contributed by atoms with van der Waals surface area (Å²) in [6, 6.07) is 1.71.